The Balaban J connectivity index is 2.01. The van der Waals surface area contributed by atoms with Gasteiger partial charge in [-0.15, -0.1) is 0 Å². The molecule has 1 aromatic heterocycles. The van der Waals surface area contributed by atoms with Crippen LogP contribution >= 0.6 is 11.8 Å². The van der Waals surface area contributed by atoms with Crippen LogP contribution in [0.15, 0.2) is 4.52 Å². The van der Waals surface area contributed by atoms with Crippen molar-refractivity contribution in [2.45, 2.75) is 50.3 Å². The summed E-state index contributed by atoms with van der Waals surface area (Å²) in [5, 5.41) is 4.48. The second-order valence-electron chi connectivity index (χ2n) is 5.07. The van der Waals surface area contributed by atoms with Gasteiger partial charge in [0.05, 0.1) is 5.25 Å². The second-order valence-corrected chi connectivity index (χ2v) is 6.38. The fraction of sp³-hybridized carbons (Fsp3) is 0.818. The number of hydrogen-bond acceptors (Lipinski definition) is 5. The second kappa shape index (κ2) is 4.75. The maximum absolute atomic E-state index is 5.92. The average Bonchev–Trinajstić information content (AvgIpc) is 2.65. The van der Waals surface area contributed by atoms with Gasteiger partial charge in [-0.25, -0.2) is 0 Å². The average molecular weight is 241 g/mol. The van der Waals surface area contributed by atoms with Crippen LogP contribution in [0.5, 0.6) is 0 Å². The summed E-state index contributed by atoms with van der Waals surface area (Å²) in [5.74, 6) is 2.72. The van der Waals surface area contributed by atoms with Crippen molar-refractivity contribution in [2.75, 3.05) is 5.75 Å². The molecule has 16 heavy (non-hydrogen) atoms. The monoisotopic (exact) mass is 241 g/mol. The quantitative estimate of drug-likeness (QED) is 0.879. The van der Waals surface area contributed by atoms with Crippen LogP contribution in [0.25, 0.3) is 0 Å². The lowest BCUT2D eigenvalue weighted by Crippen LogP contribution is -2.34. The van der Waals surface area contributed by atoms with E-state index in [4.69, 9.17) is 10.3 Å². The Morgan fingerprint density at radius 2 is 2.31 bits per heavy atom. The summed E-state index contributed by atoms with van der Waals surface area (Å²) in [5.41, 5.74) is 5.63. The van der Waals surface area contributed by atoms with Crippen molar-refractivity contribution in [3.05, 3.63) is 11.7 Å². The van der Waals surface area contributed by atoms with Crippen LogP contribution in [0.2, 0.25) is 0 Å². The van der Waals surface area contributed by atoms with Gasteiger partial charge >= 0.3 is 0 Å². The zero-order valence-electron chi connectivity index (χ0n) is 9.90. The van der Waals surface area contributed by atoms with Crippen molar-refractivity contribution in [2.24, 2.45) is 5.73 Å². The van der Waals surface area contributed by atoms with Crippen LogP contribution in [-0.4, -0.2) is 21.4 Å². The molecule has 0 saturated carbocycles. The molecule has 2 N–H and O–H groups in total. The lowest BCUT2D eigenvalue weighted by atomic mass is 10.0. The summed E-state index contributed by atoms with van der Waals surface area (Å²) in [6.45, 7) is 3.93. The van der Waals surface area contributed by atoms with Crippen LogP contribution in [0, 0.1) is 0 Å². The third-order valence-corrected chi connectivity index (χ3v) is 3.93. The summed E-state index contributed by atoms with van der Waals surface area (Å²) >= 11 is 1.93. The van der Waals surface area contributed by atoms with Crippen molar-refractivity contribution >= 4 is 11.8 Å². The van der Waals surface area contributed by atoms with Crippen LogP contribution in [0.1, 0.15) is 50.1 Å². The van der Waals surface area contributed by atoms with E-state index >= 15 is 0 Å². The standard InChI is InChI=1S/C11H19N3OS/c1-11(2,12)7-9-13-10(14-15-9)8-5-3-4-6-16-8/h8H,3-7,12H2,1-2H3. The van der Waals surface area contributed by atoms with Crippen molar-refractivity contribution in [3.8, 4) is 0 Å². The van der Waals surface area contributed by atoms with E-state index in [1.165, 1.54) is 18.6 Å². The number of nitrogens with two attached hydrogens (primary N) is 1. The molecular formula is C11H19N3OS. The molecule has 2 heterocycles. The Hall–Kier alpha value is -0.550. The van der Waals surface area contributed by atoms with Gasteiger partial charge in [0.2, 0.25) is 5.89 Å². The molecule has 0 spiro atoms. The van der Waals surface area contributed by atoms with E-state index in [9.17, 15) is 0 Å². The van der Waals surface area contributed by atoms with Crippen molar-refractivity contribution in [1.29, 1.82) is 0 Å². The summed E-state index contributed by atoms with van der Waals surface area (Å²) in [7, 11) is 0. The smallest absolute Gasteiger partial charge is 0.228 e. The summed E-state index contributed by atoms with van der Waals surface area (Å²) < 4.78 is 5.24. The minimum absolute atomic E-state index is 0.288. The number of rotatable bonds is 3. The van der Waals surface area contributed by atoms with Crippen molar-refractivity contribution in [1.82, 2.24) is 10.1 Å². The normalized spacial score (nSPS) is 22.3. The predicted octanol–water partition coefficient (Wildman–Crippen LogP) is 2.31. The highest BCUT2D eigenvalue weighted by Gasteiger charge is 2.23. The first-order chi connectivity index (χ1) is 7.54. The molecule has 5 heteroatoms. The Bertz CT molecular complexity index is 339. The fourth-order valence-corrected chi connectivity index (χ4v) is 3.04. The maximum Gasteiger partial charge on any atom is 0.228 e. The van der Waals surface area contributed by atoms with Crippen LogP contribution in [0.4, 0.5) is 0 Å². The van der Waals surface area contributed by atoms with Gasteiger partial charge in [0.15, 0.2) is 5.82 Å². The lowest BCUT2D eigenvalue weighted by molar-refractivity contribution is 0.344. The van der Waals surface area contributed by atoms with E-state index < -0.39 is 0 Å². The molecule has 1 fully saturated rings. The molecule has 0 radical (unpaired) electrons. The summed E-state index contributed by atoms with van der Waals surface area (Å²) in [4.78, 5) is 4.44. The predicted molar refractivity (Wildman–Crippen MR) is 65.3 cm³/mol. The molecule has 1 saturated heterocycles. The van der Waals surface area contributed by atoms with Gasteiger partial charge in [0.25, 0.3) is 0 Å². The first-order valence-electron chi connectivity index (χ1n) is 5.77. The molecule has 2 rings (SSSR count). The van der Waals surface area contributed by atoms with E-state index in [1.54, 1.807) is 0 Å². The molecule has 0 aliphatic carbocycles. The first-order valence-corrected chi connectivity index (χ1v) is 6.82. The molecule has 0 bridgehead atoms. The van der Waals surface area contributed by atoms with Crippen LogP contribution in [0.3, 0.4) is 0 Å². The molecule has 90 valence electrons. The minimum atomic E-state index is -0.288. The molecule has 0 aromatic carbocycles. The highest BCUT2D eigenvalue weighted by Crippen LogP contribution is 2.36. The molecule has 1 aliphatic rings. The van der Waals surface area contributed by atoms with E-state index in [2.05, 4.69) is 10.1 Å². The Morgan fingerprint density at radius 1 is 1.50 bits per heavy atom. The minimum Gasteiger partial charge on any atom is -0.339 e. The number of thioether (sulfide) groups is 1. The van der Waals surface area contributed by atoms with E-state index in [-0.39, 0.29) is 5.54 Å². The van der Waals surface area contributed by atoms with Crippen LogP contribution in [-0.2, 0) is 6.42 Å². The lowest BCUT2D eigenvalue weighted by Gasteiger charge is -2.17. The Labute approximate surface area is 100 Å². The SMILES string of the molecule is CC(C)(N)Cc1nc(C2CCCCS2)no1. The first kappa shape index (κ1) is 11.9. The van der Waals surface area contributed by atoms with E-state index in [0.29, 0.717) is 17.6 Å². The maximum atomic E-state index is 5.92. The van der Waals surface area contributed by atoms with Crippen molar-refractivity contribution in [3.63, 3.8) is 0 Å². The van der Waals surface area contributed by atoms with Gasteiger partial charge in [0, 0.05) is 12.0 Å². The van der Waals surface area contributed by atoms with Gasteiger partial charge in [-0.05, 0) is 32.4 Å². The third-order valence-electron chi connectivity index (χ3n) is 2.56. The van der Waals surface area contributed by atoms with Gasteiger partial charge < -0.3 is 10.3 Å². The number of hydrogen-bond donors (Lipinski definition) is 1. The van der Waals surface area contributed by atoms with Gasteiger partial charge in [-0.2, -0.15) is 16.7 Å². The zero-order chi connectivity index (χ0) is 11.6. The third kappa shape index (κ3) is 3.22. The zero-order valence-corrected chi connectivity index (χ0v) is 10.7. The topological polar surface area (TPSA) is 64.9 Å². The molecule has 4 nitrogen and oxygen atoms in total. The Morgan fingerprint density at radius 3 is 2.94 bits per heavy atom. The largest absolute Gasteiger partial charge is 0.339 e. The molecule has 1 atom stereocenters. The van der Waals surface area contributed by atoms with Gasteiger partial charge in [-0.1, -0.05) is 11.6 Å². The number of aromatic nitrogens is 2. The van der Waals surface area contributed by atoms with E-state index in [1.807, 2.05) is 25.6 Å². The molecule has 0 amide bonds. The van der Waals surface area contributed by atoms with Crippen LogP contribution < -0.4 is 5.73 Å². The van der Waals surface area contributed by atoms with Crippen molar-refractivity contribution < 1.29 is 4.52 Å². The molecular weight excluding hydrogens is 222 g/mol. The molecule has 1 aliphatic heterocycles. The highest BCUT2D eigenvalue weighted by atomic mass is 32.2. The van der Waals surface area contributed by atoms with E-state index in [0.717, 1.165) is 12.2 Å². The fourth-order valence-electron chi connectivity index (χ4n) is 1.80. The molecule has 1 aromatic rings. The summed E-state index contributed by atoms with van der Waals surface area (Å²) in [6.07, 6.45) is 4.37. The van der Waals surface area contributed by atoms with Gasteiger partial charge in [0.1, 0.15) is 0 Å². The highest BCUT2D eigenvalue weighted by molar-refractivity contribution is 7.99. The number of nitrogens with zero attached hydrogens (tertiary/aromatic N) is 2. The summed E-state index contributed by atoms with van der Waals surface area (Å²) in [6, 6.07) is 0. The molecule has 1 unspecified atom stereocenters. The Kier molecular flexibility index (Phi) is 3.54. The van der Waals surface area contributed by atoms with Gasteiger partial charge in [-0.3, -0.25) is 0 Å².